The topological polar surface area (TPSA) is 75.7 Å². The van der Waals surface area contributed by atoms with Crippen LogP contribution in [0.25, 0.3) is 0 Å². The van der Waals surface area contributed by atoms with E-state index >= 15 is 0 Å². The average molecular weight is 376 g/mol. The van der Waals surface area contributed by atoms with E-state index in [-0.39, 0.29) is 17.2 Å². The maximum Gasteiger partial charge on any atom is 0.242 e. The first-order chi connectivity index (χ1) is 12.2. The molecule has 0 fully saturated rings. The van der Waals surface area contributed by atoms with Gasteiger partial charge in [0.2, 0.25) is 15.9 Å². The maximum absolute atomic E-state index is 12.3. The van der Waals surface area contributed by atoms with Crippen molar-refractivity contribution in [2.75, 3.05) is 26.5 Å². The quantitative estimate of drug-likeness (QED) is 0.806. The van der Waals surface area contributed by atoms with Crippen LogP contribution in [0.4, 0.5) is 5.69 Å². The molecular weight excluding hydrogens is 352 g/mol. The normalized spacial score (nSPS) is 11.4. The van der Waals surface area contributed by atoms with Gasteiger partial charge >= 0.3 is 0 Å². The van der Waals surface area contributed by atoms with E-state index in [0.717, 1.165) is 9.87 Å². The highest BCUT2D eigenvalue weighted by atomic mass is 32.2. The molecule has 0 spiro atoms. The minimum atomic E-state index is -3.59. The van der Waals surface area contributed by atoms with Gasteiger partial charge in [-0.15, -0.1) is 0 Å². The fourth-order valence-corrected chi connectivity index (χ4v) is 3.31. The fourth-order valence-electron chi connectivity index (χ4n) is 2.38. The Morgan fingerprint density at radius 2 is 1.77 bits per heavy atom. The number of carbonyl (C=O) groups is 1. The lowest BCUT2D eigenvalue weighted by molar-refractivity contribution is -0.116. The Kier molecular flexibility index (Phi) is 6.39. The van der Waals surface area contributed by atoms with Gasteiger partial charge in [0, 0.05) is 20.5 Å². The molecular formula is C19H24N2O4S. The van der Waals surface area contributed by atoms with Gasteiger partial charge in [-0.3, -0.25) is 4.79 Å². The molecule has 140 valence electrons. The number of nitrogens with zero attached hydrogens (tertiary/aromatic N) is 1. The summed E-state index contributed by atoms with van der Waals surface area (Å²) in [5.41, 5.74) is 2.58. The molecule has 2 aromatic carbocycles. The Labute approximate surface area is 154 Å². The SMILES string of the molecule is COc1ccc(S(=O)(=O)N(C)C)cc1NC(=O)CCc1ccc(C)cc1. The molecule has 1 amide bonds. The van der Waals surface area contributed by atoms with Crippen LogP contribution in [0.1, 0.15) is 17.5 Å². The number of sulfonamides is 1. The number of hydrogen-bond acceptors (Lipinski definition) is 4. The molecule has 6 nitrogen and oxygen atoms in total. The number of aryl methyl sites for hydroxylation is 2. The summed E-state index contributed by atoms with van der Waals surface area (Å²) in [4.78, 5) is 12.4. The molecule has 0 aromatic heterocycles. The average Bonchev–Trinajstić information content (AvgIpc) is 2.61. The molecule has 2 aromatic rings. The van der Waals surface area contributed by atoms with Gasteiger partial charge in [0.1, 0.15) is 5.75 Å². The van der Waals surface area contributed by atoms with Crippen molar-refractivity contribution in [2.45, 2.75) is 24.7 Å². The molecule has 0 saturated carbocycles. The second-order valence-electron chi connectivity index (χ2n) is 6.18. The summed E-state index contributed by atoms with van der Waals surface area (Å²) < 4.78 is 30.9. The van der Waals surface area contributed by atoms with Gasteiger partial charge in [0.25, 0.3) is 0 Å². The Hall–Kier alpha value is -2.38. The zero-order valence-electron chi connectivity index (χ0n) is 15.4. The summed E-state index contributed by atoms with van der Waals surface area (Å²) >= 11 is 0. The minimum absolute atomic E-state index is 0.0946. The molecule has 0 bridgehead atoms. The minimum Gasteiger partial charge on any atom is -0.495 e. The van der Waals surface area contributed by atoms with Crippen LogP contribution in [0.5, 0.6) is 5.75 Å². The predicted molar refractivity (Wildman–Crippen MR) is 102 cm³/mol. The van der Waals surface area contributed by atoms with Crippen molar-refractivity contribution >= 4 is 21.6 Å². The number of nitrogens with one attached hydrogen (secondary N) is 1. The van der Waals surface area contributed by atoms with Crippen molar-refractivity contribution in [3.05, 3.63) is 53.6 Å². The number of rotatable bonds is 7. The second-order valence-corrected chi connectivity index (χ2v) is 8.34. The van der Waals surface area contributed by atoms with Crippen molar-refractivity contribution in [1.29, 1.82) is 0 Å². The zero-order chi connectivity index (χ0) is 19.3. The van der Waals surface area contributed by atoms with Gasteiger partial charge in [-0.2, -0.15) is 0 Å². The lowest BCUT2D eigenvalue weighted by Gasteiger charge is -2.15. The first-order valence-electron chi connectivity index (χ1n) is 8.20. The summed E-state index contributed by atoms with van der Waals surface area (Å²) in [5, 5.41) is 2.75. The summed E-state index contributed by atoms with van der Waals surface area (Å²) in [6, 6.07) is 12.4. The van der Waals surface area contributed by atoms with Crippen LogP contribution in [0.3, 0.4) is 0 Å². The van der Waals surface area contributed by atoms with Crippen molar-refractivity contribution < 1.29 is 17.9 Å². The molecule has 0 heterocycles. The number of anilines is 1. The first kappa shape index (κ1) is 19.9. The number of amides is 1. The van der Waals surface area contributed by atoms with Crippen LogP contribution >= 0.6 is 0 Å². The first-order valence-corrected chi connectivity index (χ1v) is 9.64. The van der Waals surface area contributed by atoms with Gasteiger partial charge in [0.05, 0.1) is 17.7 Å². The van der Waals surface area contributed by atoms with Gasteiger partial charge < -0.3 is 10.1 Å². The number of carbonyl (C=O) groups excluding carboxylic acids is 1. The van der Waals surface area contributed by atoms with E-state index < -0.39 is 10.0 Å². The number of hydrogen-bond donors (Lipinski definition) is 1. The van der Waals surface area contributed by atoms with Crippen LogP contribution in [-0.4, -0.2) is 39.8 Å². The summed E-state index contributed by atoms with van der Waals surface area (Å²) in [6.07, 6.45) is 0.890. The van der Waals surface area contributed by atoms with Crippen molar-refractivity contribution in [2.24, 2.45) is 0 Å². The lowest BCUT2D eigenvalue weighted by Crippen LogP contribution is -2.22. The molecule has 0 unspecified atom stereocenters. The molecule has 2 rings (SSSR count). The number of methoxy groups -OCH3 is 1. The van der Waals surface area contributed by atoms with Crippen molar-refractivity contribution in [1.82, 2.24) is 4.31 Å². The largest absolute Gasteiger partial charge is 0.495 e. The third-order valence-electron chi connectivity index (χ3n) is 3.98. The number of ether oxygens (including phenoxy) is 1. The van der Waals surface area contributed by atoms with Crippen LogP contribution in [0.2, 0.25) is 0 Å². The lowest BCUT2D eigenvalue weighted by atomic mass is 10.1. The van der Waals surface area contributed by atoms with Crippen molar-refractivity contribution in [3.8, 4) is 5.75 Å². The van der Waals surface area contributed by atoms with E-state index in [1.54, 1.807) is 0 Å². The van der Waals surface area contributed by atoms with Gasteiger partial charge in [-0.05, 0) is 37.1 Å². The van der Waals surface area contributed by atoms with E-state index in [2.05, 4.69) is 5.32 Å². The fraction of sp³-hybridized carbons (Fsp3) is 0.316. The maximum atomic E-state index is 12.3. The Morgan fingerprint density at radius 1 is 1.12 bits per heavy atom. The van der Waals surface area contributed by atoms with Crippen LogP contribution in [0.15, 0.2) is 47.4 Å². The zero-order valence-corrected chi connectivity index (χ0v) is 16.3. The highest BCUT2D eigenvalue weighted by Gasteiger charge is 2.19. The van der Waals surface area contributed by atoms with E-state index in [1.807, 2.05) is 31.2 Å². The smallest absolute Gasteiger partial charge is 0.242 e. The molecule has 0 aliphatic rings. The van der Waals surface area contributed by atoms with Gasteiger partial charge in [0.15, 0.2) is 0 Å². The molecule has 26 heavy (non-hydrogen) atoms. The highest BCUT2D eigenvalue weighted by Crippen LogP contribution is 2.28. The second kappa shape index (κ2) is 8.33. The summed E-state index contributed by atoms with van der Waals surface area (Å²) in [6.45, 7) is 2.01. The van der Waals surface area contributed by atoms with Crippen molar-refractivity contribution in [3.63, 3.8) is 0 Å². The van der Waals surface area contributed by atoms with Crippen LogP contribution < -0.4 is 10.1 Å². The Balaban J connectivity index is 2.13. The molecule has 0 aliphatic heterocycles. The standard InChI is InChI=1S/C19H24N2O4S/c1-14-5-7-15(8-6-14)9-12-19(22)20-17-13-16(10-11-18(17)25-4)26(23,24)21(2)3/h5-8,10-11,13H,9,12H2,1-4H3,(H,20,22). The summed E-state index contributed by atoms with van der Waals surface area (Å²) in [5.74, 6) is 0.203. The molecule has 0 saturated heterocycles. The van der Waals surface area contributed by atoms with E-state index in [9.17, 15) is 13.2 Å². The molecule has 7 heteroatoms. The third-order valence-corrected chi connectivity index (χ3v) is 5.80. The van der Waals surface area contributed by atoms with Gasteiger partial charge in [-0.1, -0.05) is 29.8 Å². The monoisotopic (exact) mass is 376 g/mol. The summed E-state index contributed by atoms with van der Waals surface area (Å²) in [7, 11) is 0.792. The number of benzene rings is 2. The molecule has 0 aliphatic carbocycles. The predicted octanol–water partition coefficient (Wildman–Crippen LogP) is 2.83. The van der Waals surface area contributed by atoms with Crippen LogP contribution in [-0.2, 0) is 21.2 Å². The van der Waals surface area contributed by atoms with E-state index in [1.165, 1.54) is 45.0 Å². The molecule has 0 radical (unpaired) electrons. The van der Waals surface area contributed by atoms with E-state index in [0.29, 0.717) is 17.9 Å². The third kappa shape index (κ3) is 4.83. The van der Waals surface area contributed by atoms with E-state index in [4.69, 9.17) is 4.74 Å². The molecule has 1 N–H and O–H groups in total. The Morgan fingerprint density at radius 3 is 2.35 bits per heavy atom. The van der Waals surface area contributed by atoms with Crippen LogP contribution in [0, 0.1) is 6.92 Å². The molecule has 0 atom stereocenters. The highest BCUT2D eigenvalue weighted by molar-refractivity contribution is 7.89. The van der Waals surface area contributed by atoms with Gasteiger partial charge in [-0.25, -0.2) is 12.7 Å². The Bertz CT molecular complexity index is 875.